The summed E-state index contributed by atoms with van der Waals surface area (Å²) in [6.45, 7) is 0. The van der Waals surface area contributed by atoms with Gasteiger partial charge >= 0.3 is 0 Å². The predicted molar refractivity (Wildman–Crippen MR) is 183 cm³/mol. The highest BCUT2D eigenvalue weighted by Crippen LogP contribution is 2.42. The molecule has 0 radical (unpaired) electrons. The lowest BCUT2D eigenvalue weighted by Crippen LogP contribution is -2.01. The zero-order valence-electron chi connectivity index (χ0n) is 24.2. The molecule has 0 N–H and O–H groups in total. The molecular formula is C40H25N5. The van der Waals surface area contributed by atoms with Crippen molar-refractivity contribution in [1.29, 1.82) is 0 Å². The van der Waals surface area contributed by atoms with Crippen molar-refractivity contribution in [2.75, 3.05) is 0 Å². The van der Waals surface area contributed by atoms with E-state index in [1.54, 1.807) is 0 Å². The summed E-state index contributed by atoms with van der Waals surface area (Å²) in [4.78, 5) is 19.7. The summed E-state index contributed by atoms with van der Waals surface area (Å²) in [5, 5.41) is 5.90. The fourth-order valence-corrected chi connectivity index (χ4v) is 6.48. The molecule has 0 spiro atoms. The first-order chi connectivity index (χ1) is 22.3. The van der Waals surface area contributed by atoms with Gasteiger partial charge in [-0.2, -0.15) is 0 Å². The van der Waals surface area contributed by atoms with Gasteiger partial charge in [0.25, 0.3) is 0 Å². The van der Waals surface area contributed by atoms with Crippen molar-refractivity contribution in [2.45, 2.75) is 0 Å². The third kappa shape index (κ3) is 4.09. The first-order valence-electron chi connectivity index (χ1n) is 15.0. The zero-order chi connectivity index (χ0) is 29.7. The highest BCUT2D eigenvalue weighted by Gasteiger charge is 2.20. The van der Waals surface area contributed by atoms with Crippen LogP contribution in [-0.4, -0.2) is 24.5 Å². The summed E-state index contributed by atoms with van der Waals surface area (Å²) < 4.78 is 2.36. The second-order valence-corrected chi connectivity index (χ2v) is 11.1. The van der Waals surface area contributed by atoms with Gasteiger partial charge in [-0.25, -0.2) is 15.0 Å². The Morgan fingerprint density at radius 2 is 0.978 bits per heavy atom. The van der Waals surface area contributed by atoms with Gasteiger partial charge in [0.2, 0.25) is 0 Å². The number of pyridine rings is 1. The number of aromatic nitrogens is 5. The highest BCUT2D eigenvalue weighted by molar-refractivity contribution is 6.31. The van der Waals surface area contributed by atoms with Crippen LogP contribution in [0, 0.1) is 0 Å². The van der Waals surface area contributed by atoms with Gasteiger partial charge in [0, 0.05) is 50.1 Å². The molecule has 0 unspecified atom stereocenters. The quantitative estimate of drug-likeness (QED) is 0.196. The van der Waals surface area contributed by atoms with Crippen molar-refractivity contribution in [3.8, 4) is 39.9 Å². The van der Waals surface area contributed by atoms with E-state index in [-0.39, 0.29) is 0 Å². The van der Waals surface area contributed by atoms with Crippen LogP contribution >= 0.6 is 0 Å². The summed E-state index contributed by atoms with van der Waals surface area (Å²) in [5.41, 5.74) is 7.11. The fourth-order valence-electron chi connectivity index (χ4n) is 6.48. The summed E-state index contributed by atoms with van der Waals surface area (Å²) >= 11 is 0. The van der Waals surface area contributed by atoms with Crippen molar-refractivity contribution in [3.05, 3.63) is 152 Å². The van der Waals surface area contributed by atoms with Crippen LogP contribution in [0.4, 0.5) is 0 Å². The molecule has 3 aromatic heterocycles. The van der Waals surface area contributed by atoms with Crippen LogP contribution in [-0.2, 0) is 0 Å². The lowest BCUT2D eigenvalue weighted by molar-refractivity contribution is 1.07. The van der Waals surface area contributed by atoms with Gasteiger partial charge in [0.1, 0.15) is 0 Å². The third-order valence-corrected chi connectivity index (χ3v) is 8.45. The van der Waals surface area contributed by atoms with Gasteiger partial charge in [-0.1, -0.05) is 115 Å². The Bertz CT molecular complexity index is 2480. The van der Waals surface area contributed by atoms with E-state index in [0.717, 1.165) is 49.7 Å². The lowest BCUT2D eigenvalue weighted by atomic mass is 10.00. The number of rotatable bonds is 4. The number of para-hydroxylation sites is 1. The Hall–Kier alpha value is -6.20. The van der Waals surface area contributed by atoms with E-state index in [0.29, 0.717) is 17.5 Å². The van der Waals surface area contributed by atoms with Gasteiger partial charge < -0.3 is 4.57 Å². The van der Waals surface area contributed by atoms with Gasteiger partial charge in [-0.3, -0.25) is 4.98 Å². The van der Waals surface area contributed by atoms with Crippen molar-refractivity contribution in [2.24, 2.45) is 0 Å². The molecule has 9 rings (SSSR count). The van der Waals surface area contributed by atoms with Crippen LogP contribution in [0.1, 0.15) is 0 Å². The van der Waals surface area contributed by atoms with Gasteiger partial charge in [0.05, 0.1) is 16.6 Å². The zero-order valence-corrected chi connectivity index (χ0v) is 24.2. The van der Waals surface area contributed by atoms with Crippen LogP contribution in [0.3, 0.4) is 0 Å². The first-order valence-corrected chi connectivity index (χ1v) is 15.0. The molecule has 5 nitrogen and oxygen atoms in total. The van der Waals surface area contributed by atoms with E-state index in [9.17, 15) is 0 Å². The van der Waals surface area contributed by atoms with Gasteiger partial charge in [-0.15, -0.1) is 0 Å². The molecule has 0 aliphatic carbocycles. The molecule has 9 aromatic rings. The molecule has 0 bridgehead atoms. The SMILES string of the molecule is c1ccc(-c2nc(-c3ccccc3)nc(-c3cccc(-n4c5ccccc5c5c6ccccc6c6ncccc6c54)c3)n2)cc1. The Kier molecular flexibility index (Phi) is 5.74. The van der Waals surface area contributed by atoms with Crippen LogP contribution in [0.25, 0.3) is 83.3 Å². The number of hydrogen-bond acceptors (Lipinski definition) is 4. The summed E-state index contributed by atoms with van der Waals surface area (Å²) in [7, 11) is 0. The molecule has 0 aliphatic heterocycles. The van der Waals surface area contributed by atoms with Crippen LogP contribution in [0.5, 0.6) is 0 Å². The Balaban J connectivity index is 1.33. The standard InChI is InChI=1S/C40H25N5/c1-3-13-26(14-4-1)38-42-39(27-15-5-2-6-16-27)44-40(43-38)28-17-11-18-29(25-28)45-34-23-10-9-21-32(34)35-30-19-7-8-20-31(30)36-33(37(35)45)22-12-24-41-36/h1-25H. The van der Waals surface area contributed by atoms with E-state index < -0.39 is 0 Å². The topological polar surface area (TPSA) is 56.5 Å². The monoisotopic (exact) mass is 575 g/mol. The molecule has 45 heavy (non-hydrogen) atoms. The van der Waals surface area contributed by atoms with Gasteiger partial charge in [0.15, 0.2) is 17.5 Å². The maximum absolute atomic E-state index is 5.00. The Labute approximate surface area is 259 Å². The maximum atomic E-state index is 5.00. The Morgan fingerprint density at radius 1 is 0.422 bits per heavy atom. The number of benzene rings is 6. The number of nitrogens with zero attached hydrogens (tertiary/aromatic N) is 5. The summed E-state index contributed by atoms with van der Waals surface area (Å²) in [5.74, 6) is 1.91. The van der Waals surface area contributed by atoms with E-state index in [1.165, 1.54) is 16.2 Å². The van der Waals surface area contributed by atoms with E-state index >= 15 is 0 Å². The first kappa shape index (κ1) is 25.3. The van der Waals surface area contributed by atoms with Crippen LogP contribution < -0.4 is 0 Å². The minimum absolute atomic E-state index is 0.627. The molecule has 3 heterocycles. The molecule has 0 amide bonds. The van der Waals surface area contributed by atoms with Crippen molar-refractivity contribution in [3.63, 3.8) is 0 Å². The van der Waals surface area contributed by atoms with Crippen molar-refractivity contribution < 1.29 is 0 Å². The van der Waals surface area contributed by atoms with Crippen LogP contribution in [0.2, 0.25) is 0 Å². The Morgan fingerprint density at radius 3 is 1.69 bits per heavy atom. The second-order valence-electron chi connectivity index (χ2n) is 11.1. The van der Waals surface area contributed by atoms with Crippen molar-refractivity contribution in [1.82, 2.24) is 24.5 Å². The summed E-state index contributed by atoms with van der Waals surface area (Å²) in [6, 6.07) is 50.1. The average molecular weight is 576 g/mol. The third-order valence-electron chi connectivity index (χ3n) is 8.45. The number of hydrogen-bond donors (Lipinski definition) is 0. The lowest BCUT2D eigenvalue weighted by Gasteiger charge is -2.13. The smallest absolute Gasteiger partial charge is 0.164 e. The largest absolute Gasteiger partial charge is 0.309 e. The molecule has 0 atom stereocenters. The molecule has 5 heteroatoms. The average Bonchev–Trinajstić information content (AvgIpc) is 3.48. The molecular weight excluding hydrogens is 550 g/mol. The predicted octanol–water partition coefficient (Wildman–Crippen LogP) is 9.67. The molecule has 0 aliphatic rings. The molecule has 6 aromatic carbocycles. The fraction of sp³-hybridized carbons (Fsp3) is 0. The van der Waals surface area contributed by atoms with Gasteiger partial charge in [-0.05, 0) is 35.7 Å². The molecule has 0 saturated carbocycles. The van der Waals surface area contributed by atoms with Crippen molar-refractivity contribution >= 4 is 43.5 Å². The minimum Gasteiger partial charge on any atom is -0.309 e. The molecule has 0 fully saturated rings. The minimum atomic E-state index is 0.627. The molecule has 0 saturated heterocycles. The normalized spacial score (nSPS) is 11.6. The molecule has 210 valence electrons. The van der Waals surface area contributed by atoms with E-state index in [4.69, 9.17) is 19.9 Å². The number of fused-ring (bicyclic) bond motifs is 8. The highest BCUT2D eigenvalue weighted by atomic mass is 15.0. The van der Waals surface area contributed by atoms with E-state index in [1.807, 2.05) is 72.9 Å². The van der Waals surface area contributed by atoms with E-state index in [2.05, 4.69) is 83.4 Å². The summed E-state index contributed by atoms with van der Waals surface area (Å²) in [6.07, 6.45) is 1.88. The maximum Gasteiger partial charge on any atom is 0.164 e. The second kappa shape index (κ2) is 10.2. The van der Waals surface area contributed by atoms with Crippen LogP contribution in [0.15, 0.2) is 152 Å².